The van der Waals surface area contributed by atoms with Crippen molar-refractivity contribution in [3.8, 4) is 23.8 Å². The molecule has 16 heavy (non-hydrogen) atoms. The first kappa shape index (κ1) is 10.3. The molecule has 0 unspecified atom stereocenters. The molecule has 1 aliphatic rings. The highest BCUT2D eigenvalue weighted by Crippen LogP contribution is 2.32. The minimum absolute atomic E-state index is 0.225. The SMILES string of the molecule is C#CC(=O)C/C=C/c1ccc2c(c1)OCO2. The number of fused-ring (bicyclic) bond motifs is 1. The maximum absolute atomic E-state index is 10.9. The van der Waals surface area contributed by atoms with E-state index in [1.54, 1.807) is 6.08 Å². The summed E-state index contributed by atoms with van der Waals surface area (Å²) in [6.45, 7) is 0.262. The molecule has 3 nitrogen and oxygen atoms in total. The highest BCUT2D eigenvalue weighted by Gasteiger charge is 2.11. The fraction of sp³-hybridized carbons (Fsp3) is 0.154. The van der Waals surface area contributed by atoms with Crippen molar-refractivity contribution in [2.45, 2.75) is 6.42 Å². The second-order valence-corrected chi connectivity index (χ2v) is 3.29. The number of Topliss-reactive ketones (excluding diaryl/α,β-unsaturated/α-hetero) is 1. The molecule has 3 heteroatoms. The van der Waals surface area contributed by atoms with Crippen LogP contribution in [0.3, 0.4) is 0 Å². The zero-order valence-corrected chi connectivity index (χ0v) is 8.60. The van der Waals surface area contributed by atoms with Gasteiger partial charge in [-0.3, -0.25) is 4.79 Å². The number of carbonyl (C=O) groups excluding carboxylic acids is 1. The first-order valence-electron chi connectivity index (χ1n) is 4.85. The predicted octanol–water partition coefficient (Wildman–Crippen LogP) is 2.02. The number of allylic oxidation sites excluding steroid dienone is 1. The van der Waals surface area contributed by atoms with Crippen LogP contribution in [-0.4, -0.2) is 12.6 Å². The van der Waals surface area contributed by atoms with Crippen LogP contribution in [0.1, 0.15) is 12.0 Å². The zero-order valence-electron chi connectivity index (χ0n) is 8.60. The van der Waals surface area contributed by atoms with Crippen molar-refractivity contribution >= 4 is 11.9 Å². The van der Waals surface area contributed by atoms with E-state index < -0.39 is 0 Å². The highest BCUT2D eigenvalue weighted by atomic mass is 16.7. The van der Waals surface area contributed by atoms with Crippen LogP contribution in [0.4, 0.5) is 0 Å². The average Bonchev–Trinajstić information content (AvgIpc) is 2.76. The molecule has 80 valence electrons. The van der Waals surface area contributed by atoms with Crippen LogP contribution in [0.25, 0.3) is 6.08 Å². The molecule has 0 spiro atoms. The maximum Gasteiger partial charge on any atom is 0.231 e. The minimum Gasteiger partial charge on any atom is -0.454 e. The molecule has 1 aromatic carbocycles. The van der Waals surface area contributed by atoms with Gasteiger partial charge in [-0.15, -0.1) is 6.42 Å². The number of benzene rings is 1. The Hall–Kier alpha value is -2.21. The third-order valence-electron chi connectivity index (χ3n) is 2.17. The van der Waals surface area contributed by atoms with Crippen molar-refractivity contribution in [1.29, 1.82) is 0 Å². The van der Waals surface area contributed by atoms with Gasteiger partial charge in [-0.2, -0.15) is 0 Å². The molecule has 0 N–H and O–H groups in total. The molecule has 0 atom stereocenters. The molecule has 0 aliphatic carbocycles. The zero-order chi connectivity index (χ0) is 11.4. The number of rotatable bonds is 3. The Labute approximate surface area is 93.7 Å². The van der Waals surface area contributed by atoms with Gasteiger partial charge in [0.2, 0.25) is 12.6 Å². The molecule has 0 saturated heterocycles. The summed E-state index contributed by atoms with van der Waals surface area (Å²) in [4.78, 5) is 10.9. The largest absolute Gasteiger partial charge is 0.454 e. The number of hydrogen-bond acceptors (Lipinski definition) is 3. The molecule has 0 aromatic heterocycles. The molecule has 0 radical (unpaired) electrons. The van der Waals surface area contributed by atoms with Crippen LogP contribution in [0.5, 0.6) is 11.5 Å². The molecule has 0 saturated carbocycles. The van der Waals surface area contributed by atoms with Crippen LogP contribution in [0.2, 0.25) is 0 Å². The van der Waals surface area contributed by atoms with E-state index in [1.807, 2.05) is 24.3 Å². The Bertz CT molecular complexity index is 480. The quantitative estimate of drug-likeness (QED) is 0.570. The summed E-state index contributed by atoms with van der Waals surface area (Å²) in [5.41, 5.74) is 0.953. The third kappa shape index (κ3) is 2.23. The maximum atomic E-state index is 10.9. The van der Waals surface area contributed by atoms with Crippen LogP contribution in [0.15, 0.2) is 24.3 Å². The lowest BCUT2D eigenvalue weighted by atomic mass is 10.1. The highest BCUT2D eigenvalue weighted by molar-refractivity contribution is 5.96. The molecule has 0 amide bonds. The molecular formula is C13H10O3. The summed E-state index contributed by atoms with van der Waals surface area (Å²) in [5.74, 6) is 3.31. The number of ketones is 1. The standard InChI is InChI=1S/C13H10O3/c1-2-11(14)5-3-4-10-6-7-12-13(8-10)16-9-15-12/h1,3-4,6-8H,5,9H2/b4-3+. The van der Waals surface area contributed by atoms with Crippen molar-refractivity contribution in [1.82, 2.24) is 0 Å². The molecule has 0 fully saturated rings. The van der Waals surface area contributed by atoms with Gasteiger partial charge < -0.3 is 9.47 Å². The Balaban J connectivity index is 2.06. The van der Waals surface area contributed by atoms with Crippen LogP contribution >= 0.6 is 0 Å². The van der Waals surface area contributed by atoms with E-state index in [9.17, 15) is 4.79 Å². The Morgan fingerprint density at radius 3 is 3.06 bits per heavy atom. The number of terminal acetylenes is 1. The number of hydrogen-bond donors (Lipinski definition) is 0. The Morgan fingerprint density at radius 2 is 2.25 bits per heavy atom. The van der Waals surface area contributed by atoms with Gasteiger partial charge in [-0.1, -0.05) is 18.2 Å². The molecule has 0 bridgehead atoms. The Morgan fingerprint density at radius 1 is 1.44 bits per heavy atom. The summed E-state index contributed by atoms with van der Waals surface area (Å²) >= 11 is 0. The van der Waals surface area contributed by atoms with Crippen molar-refractivity contribution in [2.75, 3.05) is 6.79 Å². The summed E-state index contributed by atoms with van der Waals surface area (Å²) in [5, 5.41) is 0. The van der Waals surface area contributed by atoms with Gasteiger partial charge in [0.1, 0.15) is 0 Å². The average molecular weight is 214 g/mol. The van der Waals surface area contributed by atoms with Crippen LogP contribution < -0.4 is 9.47 Å². The van der Waals surface area contributed by atoms with E-state index in [2.05, 4.69) is 5.92 Å². The van der Waals surface area contributed by atoms with Crippen molar-refractivity contribution in [2.24, 2.45) is 0 Å². The van der Waals surface area contributed by atoms with Gasteiger partial charge in [0.15, 0.2) is 11.5 Å². The van der Waals surface area contributed by atoms with Crippen molar-refractivity contribution < 1.29 is 14.3 Å². The van der Waals surface area contributed by atoms with Crippen LogP contribution in [-0.2, 0) is 4.79 Å². The molecule has 1 heterocycles. The van der Waals surface area contributed by atoms with Crippen LogP contribution in [0, 0.1) is 12.3 Å². The van der Waals surface area contributed by atoms with E-state index in [4.69, 9.17) is 15.9 Å². The number of ether oxygens (including phenoxy) is 2. The van der Waals surface area contributed by atoms with Gasteiger partial charge in [0, 0.05) is 6.42 Å². The van der Waals surface area contributed by atoms with Gasteiger partial charge in [0.25, 0.3) is 0 Å². The summed E-state index contributed by atoms with van der Waals surface area (Å²) in [6.07, 6.45) is 8.78. The first-order chi connectivity index (χ1) is 7.79. The summed E-state index contributed by atoms with van der Waals surface area (Å²) in [6, 6.07) is 5.59. The predicted molar refractivity (Wildman–Crippen MR) is 60.1 cm³/mol. The molecule has 2 rings (SSSR count). The summed E-state index contributed by atoms with van der Waals surface area (Å²) in [7, 11) is 0. The van der Waals surface area contributed by atoms with E-state index in [1.165, 1.54) is 0 Å². The Kier molecular flexibility index (Phi) is 2.93. The van der Waals surface area contributed by atoms with Gasteiger partial charge in [-0.05, 0) is 23.6 Å². The lowest BCUT2D eigenvalue weighted by Gasteiger charge is -1.97. The molecule has 1 aliphatic heterocycles. The van der Waals surface area contributed by atoms with E-state index >= 15 is 0 Å². The smallest absolute Gasteiger partial charge is 0.231 e. The van der Waals surface area contributed by atoms with E-state index in [0.717, 1.165) is 17.1 Å². The number of carbonyl (C=O) groups is 1. The fourth-order valence-electron chi connectivity index (χ4n) is 1.38. The van der Waals surface area contributed by atoms with Gasteiger partial charge >= 0.3 is 0 Å². The third-order valence-corrected chi connectivity index (χ3v) is 2.17. The van der Waals surface area contributed by atoms with Gasteiger partial charge in [-0.25, -0.2) is 0 Å². The topological polar surface area (TPSA) is 35.5 Å². The minimum atomic E-state index is -0.225. The molecule has 1 aromatic rings. The normalized spacial score (nSPS) is 12.7. The fourth-order valence-corrected chi connectivity index (χ4v) is 1.38. The van der Waals surface area contributed by atoms with Crippen molar-refractivity contribution in [3.63, 3.8) is 0 Å². The van der Waals surface area contributed by atoms with Crippen molar-refractivity contribution in [3.05, 3.63) is 29.8 Å². The molecular weight excluding hydrogens is 204 g/mol. The van der Waals surface area contributed by atoms with E-state index in [0.29, 0.717) is 0 Å². The summed E-state index contributed by atoms with van der Waals surface area (Å²) < 4.78 is 10.4. The van der Waals surface area contributed by atoms with E-state index in [-0.39, 0.29) is 19.0 Å². The first-order valence-corrected chi connectivity index (χ1v) is 4.85. The lowest BCUT2D eigenvalue weighted by Crippen LogP contribution is -1.92. The monoisotopic (exact) mass is 214 g/mol. The lowest BCUT2D eigenvalue weighted by molar-refractivity contribution is -0.113. The second-order valence-electron chi connectivity index (χ2n) is 3.29. The second kappa shape index (κ2) is 4.54. The van der Waals surface area contributed by atoms with Gasteiger partial charge in [0.05, 0.1) is 0 Å².